The summed E-state index contributed by atoms with van der Waals surface area (Å²) in [5, 5.41) is 3.84. The third-order valence-corrected chi connectivity index (χ3v) is 2.71. The highest BCUT2D eigenvalue weighted by Crippen LogP contribution is 2.20. The molecule has 94 valence electrons. The highest BCUT2D eigenvalue weighted by molar-refractivity contribution is 5.95. The third kappa shape index (κ3) is 2.34. The second-order valence-electron chi connectivity index (χ2n) is 3.95. The predicted molar refractivity (Wildman–Crippen MR) is 65.3 cm³/mol. The number of primary amides is 1. The van der Waals surface area contributed by atoms with E-state index in [0.29, 0.717) is 23.7 Å². The molecule has 5 heteroatoms. The number of benzene rings is 1. The summed E-state index contributed by atoms with van der Waals surface area (Å²) in [4.78, 5) is 11.2. The predicted octanol–water partition coefficient (Wildman–Crippen LogP) is 1.97. The molecule has 0 spiro atoms. The standard InChI is InChI=1S/C13H14N2O3/c1-8-11(9(2)18-15-8)7-17-12-6-4-3-5-10(12)13(14)16/h3-6H,7H2,1-2H3,(H2,14,16). The minimum Gasteiger partial charge on any atom is -0.488 e. The van der Waals surface area contributed by atoms with E-state index in [1.165, 1.54) is 0 Å². The van der Waals surface area contributed by atoms with Gasteiger partial charge in [-0.05, 0) is 26.0 Å². The Morgan fingerprint density at radius 1 is 1.39 bits per heavy atom. The molecule has 0 saturated carbocycles. The summed E-state index contributed by atoms with van der Waals surface area (Å²) in [6.45, 7) is 3.96. The van der Waals surface area contributed by atoms with Crippen molar-refractivity contribution in [3.05, 3.63) is 46.8 Å². The van der Waals surface area contributed by atoms with E-state index >= 15 is 0 Å². The molecule has 2 N–H and O–H groups in total. The molecule has 2 aromatic rings. The van der Waals surface area contributed by atoms with Gasteiger partial charge in [0.25, 0.3) is 5.91 Å². The number of hydrogen-bond donors (Lipinski definition) is 1. The van der Waals surface area contributed by atoms with Gasteiger partial charge in [-0.2, -0.15) is 0 Å². The number of carbonyl (C=O) groups excluding carboxylic acids is 1. The van der Waals surface area contributed by atoms with Crippen molar-refractivity contribution in [2.24, 2.45) is 5.73 Å². The van der Waals surface area contributed by atoms with E-state index < -0.39 is 5.91 Å². The molecule has 0 aliphatic carbocycles. The van der Waals surface area contributed by atoms with Gasteiger partial charge in [0.1, 0.15) is 18.1 Å². The lowest BCUT2D eigenvalue weighted by Gasteiger charge is -2.08. The largest absolute Gasteiger partial charge is 0.488 e. The Hall–Kier alpha value is -2.30. The average Bonchev–Trinajstić information content (AvgIpc) is 2.67. The Bertz CT molecular complexity index is 556. The summed E-state index contributed by atoms with van der Waals surface area (Å²) in [7, 11) is 0. The van der Waals surface area contributed by atoms with Crippen LogP contribution in [0.5, 0.6) is 5.75 Å². The molecular weight excluding hydrogens is 232 g/mol. The monoisotopic (exact) mass is 246 g/mol. The molecule has 18 heavy (non-hydrogen) atoms. The molecule has 0 unspecified atom stereocenters. The Morgan fingerprint density at radius 3 is 2.72 bits per heavy atom. The molecule has 1 aromatic carbocycles. The van der Waals surface area contributed by atoms with Crippen LogP contribution in [-0.4, -0.2) is 11.1 Å². The van der Waals surface area contributed by atoms with Gasteiger partial charge in [0.2, 0.25) is 0 Å². The number of nitrogens with zero attached hydrogens (tertiary/aromatic N) is 1. The summed E-state index contributed by atoms with van der Waals surface area (Å²) >= 11 is 0. The van der Waals surface area contributed by atoms with Gasteiger partial charge in [-0.25, -0.2) is 0 Å². The van der Waals surface area contributed by atoms with Crippen LogP contribution in [0.4, 0.5) is 0 Å². The van der Waals surface area contributed by atoms with Crippen molar-refractivity contribution in [3.63, 3.8) is 0 Å². The van der Waals surface area contributed by atoms with Gasteiger partial charge < -0.3 is 15.0 Å². The van der Waals surface area contributed by atoms with E-state index in [1.807, 2.05) is 13.8 Å². The zero-order valence-electron chi connectivity index (χ0n) is 10.3. The maximum atomic E-state index is 11.2. The van der Waals surface area contributed by atoms with Crippen molar-refractivity contribution in [3.8, 4) is 5.75 Å². The first-order valence-corrected chi connectivity index (χ1v) is 5.53. The van der Waals surface area contributed by atoms with Crippen LogP contribution in [0.25, 0.3) is 0 Å². The molecule has 0 radical (unpaired) electrons. The SMILES string of the molecule is Cc1noc(C)c1COc1ccccc1C(N)=O. The molecule has 0 atom stereocenters. The number of aromatic nitrogens is 1. The lowest BCUT2D eigenvalue weighted by Crippen LogP contribution is -2.13. The van der Waals surface area contributed by atoms with Gasteiger partial charge in [0.05, 0.1) is 16.8 Å². The van der Waals surface area contributed by atoms with Gasteiger partial charge >= 0.3 is 0 Å². The summed E-state index contributed by atoms with van der Waals surface area (Å²) in [6.07, 6.45) is 0. The van der Waals surface area contributed by atoms with E-state index in [9.17, 15) is 4.79 Å². The van der Waals surface area contributed by atoms with E-state index in [2.05, 4.69) is 5.16 Å². The number of nitrogens with two attached hydrogens (primary N) is 1. The molecule has 0 fully saturated rings. The molecule has 0 aliphatic heterocycles. The van der Waals surface area contributed by atoms with Gasteiger partial charge in [0, 0.05) is 0 Å². The van der Waals surface area contributed by atoms with E-state index in [-0.39, 0.29) is 0 Å². The fraction of sp³-hybridized carbons (Fsp3) is 0.231. The van der Waals surface area contributed by atoms with Crippen LogP contribution in [0.1, 0.15) is 27.4 Å². The molecule has 1 amide bonds. The Balaban J connectivity index is 2.18. The average molecular weight is 246 g/mol. The number of amides is 1. The summed E-state index contributed by atoms with van der Waals surface area (Å²) < 4.78 is 10.6. The van der Waals surface area contributed by atoms with Crippen LogP contribution >= 0.6 is 0 Å². The van der Waals surface area contributed by atoms with Crippen molar-refractivity contribution in [2.75, 3.05) is 0 Å². The molecule has 1 heterocycles. The van der Waals surface area contributed by atoms with Gasteiger partial charge in [-0.1, -0.05) is 17.3 Å². The summed E-state index contributed by atoms with van der Waals surface area (Å²) in [5.74, 6) is 0.665. The van der Waals surface area contributed by atoms with Crippen LogP contribution in [0.3, 0.4) is 0 Å². The highest BCUT2D eigenvalue weighted by Gasteiger charge is 2.12. The fourth-order valence-electron chi connectivity index (χ4n) is 1.65. The minimum absolute atomic E-state index is 0.297. The van der Waals surface area contributed by atoms with Crippen LogP contribution in [0.15, 0.2) is 28.8 Å². The van der Waals surface area contributed by atoms with Crippen LogP contribution in [0, 0.1) is 13.8 Å². The first-order chi connectivity index (χ1) is 8.59. The topological polar surface area (TPSA) is 78.3 Å². The van der Waals surface area contributed by atoms with Gasteiger partial charge in [-0.15, -0.1) is 0 Å². The Labute approximate surface area is 105 Å². The zero-order valence-corrected chi connectivity index (χ0v) is 10.3. The second-order valence-corrected chi connectivity index (χ2v) is 3.95. The Morgan fingerprint density at radius 2 is 2.11 bits per heavy atom. The van der Waals surface area contributed by atoms with Crippen molar-refractivity contribution >= 4 is 5.91 Å². The first-order valence-electron chi connectivity index (χ1n) is 5.53. The maximum absolute atomic E-state index is 11.2. The van der Waals surface area contributed by atoms with Gasteiger partial charge in [0.15, 0.2) is 0 Å². The molecule has 0 saturated heterocycles. The number of carbonyl (C=O) groups is 1. The quantitative estimate of drug-likeness (QED) is 0.894. The highest BCUT2D eigenvalue weighted by atomic mass is 16.5. The number of aryl methyl sites for hydroxylation is 2. The van der Waals surface area contributed by atoms with Crippen molar-refractivity contribution in [1.29, 1.82) is 0 Å². The van der Waals surface area contributed by atoms with Crippen molar-refractivity contribution in [2.45, 2.75) is 20.5 Å². The number of para-hydroxylation sites is 1. The van der Waals surface area contributed by atoms with E-state index in [1.54, 1.807) is 24.3 Å². The summed E-state index contributed by atoms with van der Waals surface area (Å²) in [6, 6.07) is 6.86. The fourth-order valence-corrected chi connectivity index (χ4v) is 1.65. The molecule has 2 rings (SSSR count). The molecule has 1 aromatic heterocycles. The van der Waals surface area contributed by atoms with E-state index in [4.69, 9.17) is 15.0 Å². The maximum Gasteiger partial charge on any atom is 0.252 e. The lowest BCUT2D eigenvalue weighted by molar-refractivity contribution is 0.0996. The smallest absolute Gasteiger partial charge is 0.252 e. The molecule has 0 bridgehead atoms. The van der Waals surface area contributed by atoms with Crippen LogP contribution < -0.4 is 10.5 Å². The normalized spacial score (nSPS) is 10.3. The number of rotatable bonds is 4. The zero-order chi connectivity index (χ0) is 13.1. The Kier molecular flexibility index (Phi) is 3.32. The van der Waals surface area contributed by atoms with Gasteiger partial charge in [-0.3, -0.25) is 4.79 Å². The van der Waals surface area contributed by atoms with Crippen molar-refractivity contribution in [1.82, 2.24) is 5.16 Å². The molecule has 5 nitrogen and oxygen atoms in total. The third-order valence-electron chi connectivity index (χ3n) is 2.71. The van der Waals surface area contributed by atoms with Crippen molar-refractivity contribution < 1.29 is 14.1 Å². The number of ether oxygens (including phenoxy) is 1. The van der Waals surface area contributed by atoms with E-state index in [0.717, 1.165) is 11.3 Å². The molecular formula is C13H14N2O3. The minimum atomic E-state index is -0.510. The first kappa shape index (κ1) is 12.2. The van der Waals surface area contributed by atoms with Crippen LogP contribution in [-0.2, 0) is 6.61 Å². The van der Waals surface area contributed by atoms with Crippen LogP contribution in [0.2, 0.25) is 0 Å². The second kappa shape index (κ2) is 4.91. The molecule has 0 aliphatic rings. The summed E-state index contributed by atoms with van der Waals surface area (Å²) in [5.41, 5.74) is 7.30. The lowest BCUT2D eigenvalue weighted by atomic mass is 10.2. The number of hydrogen-bond acceptors (Lipinski definition) is 4.